The van der Waals surface area contributed by atoms with E-state index in [2.05, 4.69) is 4.74 Å². The third-order valence-electron chi connectivity index (χ3n) is 3.71. The van der Waals surface area contributed by atoms with Gasteiger partial charge in [0.15, 0.2) is 5.60 Å². The first-order valence-electron chi connectivity index (χ1n) is 8.12. The van der Waals surface area contributed by atoms with Crippen LogP contribution < -0.4 is 0 Å². The Labute approximate surface area is 163 Å². The van der Waals surface area contributed by atoms with Crippen LogP contribution in [0.1, 0.15) is 37.7 Å². The van der Waals surface area contributed by atoms with Crippen LogP contribution in [-0.2, 0) is 16.0 Å². The molecule has 0 aliphatic carbocycles. The normalized spacial score (nSPS) is 13.1. The van der Waals surface area contributed by atoms with Gasteiger partial charge in [-0.15, -0.1) is 0 Å². The Morgan fingerprint density at radius 2 is 2.04 bits per heavy atom. The summed E-state index contributed by atoms with van der Waals surface area (Å²) in [6.07, 6.45) is 4.84. The molecule has 0 heterocycles. The highest BCUT2D eigenvalue weighted by molar-refractivity contribution is 7.99. The van der Waals surface area contributed by atoms with E-state index in [-0.39, 0.29) is 12.2 Å². The standard InChI is InChI=1S/C18H23Cl2NO3S/c1-24-17(22)11-18(23,12-21)13-25-9-5-3-2-4-6-14-7-8-15(19)10-16(14)20/h7-8,10,23H,2-6,9,11,13H2,1H3. The molecule has 1 unspecified atom stereocenters. The van der Waals surface area contributed by atoms with E-state index >= 15 is 0 Å². The van der Waals surface area contributed by atoms with Crippen LogP contribution in [-0.4, -0.2) is 35.3 Å². The number of esters is 1. The Kier molecular flexibility index (Phi) is 10.3. The number of hydrogen-bond donors (Lipinski definition) is 1. The molecule has 138 valence electrons. The average Bonchev–Trinajstić information content (AvgIpc) is 2.58. The maximum Gasteiger partial charge on any atom is 0.309 e. The minimum Gasteiger partial charge on any atom is -0.469 e. The molecule has 0 fully saturated rings. The fraction of sp³-hybridized carbons (Fsp3) is 0.556. The minimum atomic E-state index is -1.65. The maximum atomic E-state index is 11.2. The molecule has 0 aromatic heterocycles. The first-order valence-corrected chi connectivity index (χ1v) is 10.0. The van der Waals surface area contributed by atoms with Crippen LogP contribution in [0.3, 0.4) is 0 Å². The summed E-state index contributed by atoms with van der Waals surface area (Å²) in [6, 6.07) is 7.37. The minimum absolute atomic E-state index is 0.207. The van der Waals surface area contributed by atoms with Gasteiger partial charge in [-0.05, 0) is 42.7 Å². The molecule has 0 aliphatic rings. The molecule has 1 rings (SSSR count). The SMILES string of the molecule is COC(=O)CC(O)(C#N)CSCCCCCCc1ccc(Cl)cc1Cl. The van der Waals surface area contributed by atoms with Crippen molar-refractivity contribution >= 4 is 40.9 Å². The van der Waals surface area contributed by atoms with Crippen LogP contribution in [0.2, 0.25) is 10.0 Å². The smallest absolute Gasteiger partial charge is 0.309 e. The van der Waals surface area contributed by atoms with Crippen molar-refractivity contribution in [3.05, 3.63) is 33.8 Å². The van der Waals surface area contributed by atoms with Gasteiger partial charge in [0.2, 0.25) is 0 Å². The molecule has 1 aromatic rings. The van der Waals surface area contributed by atoms with Crippen LogP contribution in [0, 0.1) is 11.3 Å². The molecule has 1 N–H and O–H groups in total. The third-order valence-corrected chi connectivity index (χ3v) is 5.56. The molecule has 0 amide bonds. The number of hydrogen-bond acceptors (Lipinski definition) is 5. The lowest BCUT2D eigenvalue weighted by Gasteiger charge is -2.18. The molecule has 0 aliphatic heterocycles. The number of rotatable bonds is 11. The summed E-state index contributed by atoms with van der Waals surface area (Å²) in [5.74, 6) is 0.469. The predicted octanol–water partition coefficient (Wildman–Crippen LogP) is 4.65. The predicted molar refractivity (Wildman–Crippen MR) is 103 cm³/mol. The lowest BCUT2D eigenvalue weighted by atomic mass is 10.1. The van der Waals surface area contributed by atoms with Gasteiger partial charge in [-0.2, -0.15) is 17.0 Å². The summed E-state index contributed by atoms with van der Waals surface area (Å²) < 4.78 is 4.49. The van der Waals surface area contributed by atoms with Crippen molar-refractivity contribution in [3.8, 4) is 6.07 Å². The van der Waals surface area contributed by atoms with Crippen molar-refractivity contribution < 1.29 is 14.6 Å². The van der Waals surface area contributed by atoms with Gasteiger partial charge in [-0.1, -0.05) is 42.1 Å². The zero-order valence-corrected chi connectivity index (χ0v) is 16.6. The lowest BCUT2D eigenvalue weighted by molar-refractivity contribution is -0.143. The second-order valence-corrected chi connectivity index (χ2v) is 7.80. The van der Waals surface area contributed by atoms with Crippen LogP contribution in [0.25, 0.3) is 0 Å². The monoisotopic (exact) mass is 403 g/mol. The second kappa shape index (κ2) is 11.6. The van der Waals surface area contributed by atoms with Crippen molar-refractivity contribution in [2.45, 2.75) is 44.1 Å². The molecule has 4 nitrogen and oxygen atoms in total. The Balaban J connectivity index is 2.14. The third kappa shape index (κ3) is 8.82. The summed E-state index contributed by atoms with van der Waals surface area (Å²) in [6.45, 7) is 0. The van der Waals surface area contributed by atoms with Gasteiger partial charge in [0.05, 0.1) is 19.6 Å². The number of methoxy groups -OCH3 is 1. The Bertz CT molecular complexity index is 606. The summed E-state index contributed by atoms with van der Waals surface area (Å²) in [5, 5.41) is 20.4. The highest BCUT2D eigenvalue weighted by atomic mass is 35.5. The van der Waals surface area contributed by atoms with Crippen molar-refractivity contribution in [1.29, 1.82) is 5.26 Å². The first kappa shape index (κ1) is 22.1. The molecular weight excluding hydrogens is 381 g/mol. The molecule has 0 bridgehead atoms. The Morgan fingerprint density at radius 1 is 1.32 bits per heavy atom. The zero-order chi connectivity index (χ0) is 18.7. The van der Waals surface area contributed by atoms with E-state index in [9.17, 15) is 9.90 Å². The highest BCUT2D eigenvalue weighted by Gasteiger charge is 2.30. The number of ether oxygens (including phenoxy) is 1. The number of benzene rings is 1. The molecule has 0 radical (unpaired) electrons. The molecule has 0 spiro atoms. The van der Waals surface area contributed by atoms with Crippen LogP contribution in [0.5, 0.6) is 0 Å². The number of unbranched alkanes of at least 4 members (excludes halogenated alkanes) is 3. The van der Waals surface area contributed by atoms with Gasteiger partial charge < -0.3 is 9.84 Å². The van der Waals surface area contributed by atoms with E-state index in [1.807, 2.05) is 12.1 Å². The molecule has 1 aromatic carbocycles. The fourth-order valence-electron chi connectivity index (χ4n) is 2.27. The Hall–Kier alpha value is -0.930. The fourth-order valence-corrected chi connectivity index (χ4v) is 3.83. The molecular formula is C18H23Cl2NO3S. The number of aliphatic hydroxyl groups is 1. The van der Waals surface area contributed by atoms with Crippen LogP contribution in [0.4, 0.5) is 0 Å². The van der Waals surface area contributed by atoms with Crippen molar-refractivity contribution in [2.75, 3.05) is 18.6 Å². The zero-order valence-electron chi connectivity index (χ0n) is 14.3. The summed E-state index contributed by atoms with van der Waals surface area (Å²) in [4.78, 5) is 11.2. The van der Waals surface area contributed by atoms with E-state index in [0.717, 1.165) is 43.4 Å². The van der Waals surface area contributed by atoms with Gasteiger partial charge in [0, 0.05) is 15.8 Å². The van der Waals surface area contributed by atoms with Crippen molar-refractivity contribution in [3.63, 3.8) is 0 Å². The second-order valence-electron chi connectivity index (χ2n) is 5.85. The molecule has 1 atom stereocenters. The molecule has 7 heteroatoms. The Morgan fingerprint density at radius 3 is 2.68 bits per heavy atom. The van der Waals surface area contributed by atoms with Crippen molar-refractivity contribution in [1.82, 2.24) is 0 Å². The molecule has 0 saturated carbocycles. The maximum absolute atomic E-state index is 11.2. The number of nitriles is 1. The number of halogens is 2. The average molecular weight is 404 g/mol. The largest absolute Gasteiger partial charge is 0.469 e. The summed E-state index contributed by atoms with van der Waals surface area (Å²) in [7, 11) is 1.24. The quantitative estimate of drug-likeness (QED) is 0.330. The van der Waals surface area contributed by atoms with Gasteiger partial charge >= 0.3 is 5.97 Å². The van der Waals surface area contributed by atoms with Crippen LogP contribution in [0.15, 0.2) is 18.2 Å². The topological polar surface area (TPSA) is 70.3 Å². The van der Waals surface area contributed by atoms with Gasteiger partial charge in [0.1, 0.15) is 0 Å². The number of nitrogens with zero attached hydrogens (tertiary/aromatic N) is 1. The number of thioether (sulfide) groups is 1. The van der Waals surface area contributed by atoms with E-state index in [4.69, 9.17) is 28.5 Å². The molecule has 25 heavy (non-hydrogen) atoms. The summed E-state index contributed by atoms with van der Waals surface area (Å²) >= 11 is 13.5. The lowest BCUT2D eigenvalue weighted by Crippen LogP contribution is -2.33. The van der Waals surface area contributed by atoms with E-state index < -0.39 is 11.6 Å². The first-order chi connectivity index (χ1) is 11.9. The molecule has 0 saturated heterocycles. The van der Waals surface area contributed by atoms with E-state index in [0.29, 0.717) is 10.0 Å². The van der Waals surface area contributed by atoms with E-state index in [1.54, 1.807) is 12.1 Å². The number of aryl methyl sites for hydroxylation is 1. The van der Waals surface area contributed by atoms with Gasteiger partial charge in [-0.3, -0.25) is 4.79 Å². The number of carbonyl (C=O) groups is 1. The van der Waals surface area contributed by atoms with E-state index in [1.165, 1.54) is 18.9 Å². The van der Waals surface area contributed by atoms with Gasteiger partial charge in [-0.25, -0.2) is 0 Å². The summed E-state index contributed by atoms with van der Waals surface area (Å²) in [5.41, 5.74) is -0.536. The number of carbonyl (C=O) groups excluding carboxylic acids is 1. The van der Waals surface area contributed by atoms with Crippen LogP contribution >= 0.6 is 35.0 Å². The van der Waals surface area contributed by atoms with Gasteiger partial charge in [0.25, 0.3) is 0 Å². The highest BCUT2D eigenvalue weighted by Crippen LogP contribution is 2.23. The van der Waals surface area contributed by atoms with Crippen molar-refractivity contribution in [2.24, 2.45) is 0 Å².